The van der Waals surface area contributed by atoms with E-state index in [9.17, 15) is 9.90 Å². The quantitative estimate of drug-likeness (QED) is 0.802. The van der Waals surface area contributed by atoms with Crippen molar-refractivity contribution in [3.8, 4) is 5.75 Å². The van der Waals surface area contributed by atoms with Crippen LogP contribution in [-0.2, 0) is 4.74 Å². The van der Waals surface area contributed by atoms with Gasteiger partial charge in [0, 0.05) is 18.2 Å². The summed E-state index contributed by atoms with van der Waals surface area (Å²) in [4.78, 5) is 14.4. The van der Waals surface area contributed by atoms with Crippen molar-refractivity contribution in [2.75, 3.05) is 32.9 Å². The van der Waals surface area contributed by atoms with Crippen molar-refractivity contribution in [2.24, 2.45) is 0 Å². The minimum absolute atomic E-state index is 0.0134. The number of carbonyl (C=O) groups excluding carboxylic acids is 1. The molecule has 5 heteroatoms. The maximum Gasteiger partial charge on any atom is 0.176 e. The van der Waals surface area contributed by atoms with E-state index in [2.05, 4.69) is 4.90 Å². The number of aliphatic hydroxyl groups is 1. The summed E-state index contributed by atoms with van der Waals surface area (Å²) in [7, 11) is 0. The van der Waals surface area contributed by atoms with Crippen molar-refractivity contribution in [3.05, 3.63) is 29.8 Å². The molecule has 0 bridgehead atoms. The van der Waals surface area contributed by atoms with E-state index in [0.717, 1.165) is 5.75 Å². The molecule has 1 N–H and O–H groups in total. The number of carbonyl (C=O) groups is 1. The van der Waals surface area contributed by atoms with Crippen molar-refractivity contribution in [3.63, 3.8) is 0 Å². The van der Waals surface area contributed by atoms with Crippen LogP contribution in [0.25, 0.3) is 0 Å². The first-order valence-corrected chi connectivity index (χ1v) is 7.36. The number of Topliss-reactive ketones (excluding diaryl/α,β-unsaturated/α-hetero) is 1. The number of rotatable bonds is 6. The number of benzene rings is 1. The molecule has 2 atom stereocenters. The van der Waals surface area contributed by atoms with E-state index in [1.807, 2.05) is 26.0 Å². The average molecular weight is 293 g/mol. The molecule has 0 spiro atoms. The zero-order valence-corrected chi connectivity index (χ0v) is 12.6. The Morgan fingerprint density at radius 2 is 2.14 bits per heavy atom. The topological polar surface area (TPSA) is 59.0 Å². The second kappa shape index (κ2) is 7.54. The first-order chi connectivity index (χ1) is 10.1. The highest BCUT2D eigenvalue weighted by Crippen LogP contribution is 2.15. The number of aliphatic hydroxyl groups excluding tert-OH is 1. The van der Waals surface area contributed by atoms with Gasteiger partial charge in [0.15, 0.2) is 5.78 Å². The Morgan fingerprint density at radius 1 is 1.43 bits per heavy atom. The predicted octanol–water partition coefficient (Wildman–Crippen LogP) is 1.35. The number of hydrogen-bond donors (Lipinski definition) is 1. The first-order valence-electron chi connectivity index (χ1n) is 7.36. The van der Waals surface area contributed by atoms with Crippen LogP contribution in [0.3, 0.4) is 0 Å². The molecule has 1 aromatic carbocycles. The summed E-state index contributed by atoms with van der Waals surface area (Å²) in [6.45, 7) is 6.02. The molecule has 0 aromatic heterocycles. The molecule has 1 fully saturated rings. The van der Waals surface area contributed by atoms with Crippen molar-refractivity contribution >= 4 is 5.78 Å². The van der Waals surface area contributed by atoms with Crippen molar-refractivity contribution in [1.29, 1.82) is 0 Å². The smallest absolute Gasteiger partial charge is 0.176 e. The Hall–Kier alpha value is -1.43. The SMILES string of the molecule is CCOc1ccc(C(=O)CN2CC(CO)OCC2C)cc1. The molecule has 1 heterocycles. The van der Waals surface area contributed by atoms with E-state index < -0.39 is 0 Å². The standard InChI is InChI=1S/C16H23NO4/c1-3-20-14-6-4-13(5-7-14)16(19)9-17-8-15(10-18)21-11-12(17)2/h4-7,12,15,18H,3,8-11H2,1-2H3. The molecule has 0 aliphatic carbocycles. The minimum atomic E-state index is -0.200. The highest BCUT2D eigenvalue weighted by atomic mass is 16.5. The third-order valence-electron chi connectivity index (χ3n) is 3.67. The molecule has 1 aliphatic rings. The lowest BCUT2D eigenvalue weighted by Crippen LogP contribution is -2.51. The normalized spacial score (nSPS) is 23.0. The molecule has 0 radical (unpaired) electrons. The third-order valence-corrected chi connectivity index (χ3v) is 3.67. The maximum absolute atomic E-state index is 12.3. The summed E-state index contributed by atoms with van der Waals surface area (Å²) in [6, 6.07) is 7.40. The van der Waals surface area contributed by atoms with E-state index in [-0.39, 0.29) is 24.5 Å². The van der Waals surface area contributed by atoms with E-state index in [0.29, 0.717) is 31.9 Å². The van der Waals surface area contributed by atoms with Crippen LogP contribution in [0.4, 0.5) is 0 Å². The molecule has 0 amide bonds. The summed E-state index contributed by atoms with van der Waals surface area (Å²) in [5.41, 5.74) is 0.678. The monoisotopic (exact) mass is 293 g/mol. The van der Waals surface area contributed by atoms with Crippen LogP contribution < -0.4 is 4.74 Å². The van der Waals surface area contributed by atoms with E-state index in [1.54, 1.807) is 12.1 Å². The summed E-state index contributed by atoms with van der Waals surface area (Å²) in [5, 5.41) is 9.18. The summed E-state index contributed by atoms with van der Waals surface area (Å²) in [5.74, 6) is 0.845. The molecule has 1 aromatic rings. The van der Waals surface area contributed by atoms with Gasteiger partial charge in [-0.15, -0.1) is 0 Å². The summed E-state index contributed by atoms with van der Waals surface area (Å²) >= 11 is 0. The second-order valence-corrected chi connectivity index (χ2v) is 5.30. The Bertz CT molecular complexity index is 460. The molecule has 0 saturated carbocycles. The lowest BCUT2D eigenvalue weighted by molar-refractivity contribution is -0.0747. The minimum Gasteiger partial charge on any atom is -0.494 e. The fourth-order valence-electron chi connectivity index (χ4n) is 2.39. The maximum atomic E-state index is 12.3. The van der Waals surface area contributed by atoms with Crippen molar-refractivity contribution in [2.45, 2.75) is 26.0 Å². The van der Waals surface area contributed by atoms with Crippen LogP contribution in [0.2, 0.25) is 0 Å². The van der Waals surface area contributed by atoms with Crippen molar-refractivity contribution < 1.29 is 19.4 Å². The lowest BCUT2D eigenvalue weighted by atomic mass is 10.1. The average Bonchev–Trinajstić information content (AvgIpc) is 2.50. The van der Waals surface area contributed by atoms with Gasteiger partial charge in [-0.2, -0.15) is 0 Å². The second-order valence-electron chi connectivity index (χ2n) is 5.30. The van der Waals surface area contributed by atoms with Gasteiger partial charge in [0.2, 0.25) is 0 Å². The fourth-order valence-corrected chi connectivity index (χ4v) is 2.39. The van der Waals surface area contributed by atoms with Crippen LogP contribution >= 0.6 is 0 Å². The molecular formula is C16H23NO4. The molecule has 1 saturated heterocycles. The Balaban J connectivity index is 1.96. The lowest BCUT2D eigenvalue weighted by Gasteiger charge is -2.36. The van der Waals surface area contributed by atoms with Gasteiger partial charge in [-0.3, -0.25) is 9.69 Å². The molecule has 21 heavy (non-hydrogen) atoms. The van der Waals surface area contributed by atoms with Gasteiger partial charge in [-0.1, -0.05) is 0 Å². The van der Waals surface area contributed by atoms with Crippen LogP contribution in [-0.4, -0.2) is 60.8 Å². The van der Waals surface area contributed by atoms with Gasteiger partial charge in [0.1, 0.15) is 5.75 Å². The van der Waals surface area contributed by atoms with Crippen LogP contribution in [0, 0.1) is 0 Å². The van der Waals surface area contributed by atoms with E-state index in [1.165, 1.54) is 0 Å². The molecule has 116 valence electrons. The summed E-state index contributed by atoms with van der Waals surface area (Å²) in [6.07, 6.45) is -0.200. The largest absolute Gasteiger partial charge is 0.494 e. The first kappa shape index (κ1) is 15.9. The molecule has 2 unspecified atom stereocenters. The van der Waals surface area contributed by atoms with Crippen LogP contribution in [0.15, 0.2) is 24.3 Å². The molecule has 5 nitrogen and oxygen atoms in total. The van der Waals surface area contributed by atoms with Gasteiger partial charge in [0.05, 0.1) is 32.5 Å². The van der Waals surface area contributed by atoms with Gasteiger partial charge in [0.25, 0.3) is 0 Å². The highest BCUT2D eigenvalue weighted by molar-refractivity contribution is 5.97. The Morgan fingerprint density at radius 3 is 2.76 bits per heavy atom. The number of ether oxygens (including phenoxy) is 2. The van der Waals surface area contributed by atoms with E-state index in [4.69, 9.17) is 9.47 Å². The molecule has 2 rings (SSSR count). The fraction of sp³-hybridized carbons (Fsp3) is 0.562. The predicted molar refractivity (Wildman–Crippen MR) is 79.8 cm³/mol. The van der Waals surface area contributed by atoms with Gasteiger partial charge in [-0.25, -0.2) is 0 Å². The number of ketones is 1. The van der Waals surface area contributed by atoms with Gasteiger partial charge < -0.3 is 14.6 Å². The zero-order valence-electron chi connectivity index (χ0n) is 12.6. The van der Waals surface area contributed by atoms with Crippen LogP contribution in [0.5, 0.6) is 5.75 Å². The van der Waals surface area contributed by atoms with E-state index >= 15 is 0 Å². The summed E-state index contributed by atoms with van der Waals surface area (Å²) < 4.78 is 10.9. The van der Waals surface area contributed by atoms with Gasteiger partial charge >= 0.3 is 0 Å². The Labute approximate surface area is 125 Å². The third kappa shape index (κ3) is 4.27. The molecular weight excluding hydrogens is 270 g/mol. The number of nitrogens with zero attached hydrogens (tertiary/aromatic N) is 1. The number of hydrogen-bond acceptors (Lipinski definition) is 5. The highest BCUT2D eigenvalue weighted by Gasteiger charge is 2.27. The van der Waals surface area contributed by atoms with Crippen LogP contribution in [0.1, 0.15) is 24.2 Å². The Kier molecular flexibility index (Phi) is 5.73. The van der Waals surface area contributed by atoms with Crippen molar-refractivity contribution in [1.82, 2.24) is 4.90 Å². The zero-order chi connectivity index (χ0) is 15.2. The molecule has 1 aliphatic heterocycles. The number of morpholine rings is 1. The van der Waals surface area contributed by atoms with Gasteiger partial charge in [-0.05, 0) is 38.1 Å².